The fourth-order valence-corrected chi connectivity index (χ4v) is 1.92. The van der Waals surface area contributed by atoms with E-state index in [1.165, 1.54) is 12.1 Å². The van der Waals surface area contributed by atoms with Crippen LogP contribution in [0.25, 0.3) is 0 Å². The van der Waals surface area contributed by atoms with Gasteiger partial charge in [0.25, 0.3) is 0 Å². The zero-order valence-corrected chi connectivity index (χ0v) is 13.1. The number of amides is 3. The van der Waals surface area contributed by atoms with Crippen molar-refractivity contribution in [3.05, 3.63) is 35.6 Å². The third-order valence-electron chi connectivity index (χ3n) is 3.11. The lowest BCUT2D eigenvalue weighted by Crippen LogP contribution is -2.49. The number of hydrogen-bond donors (Lipinski definition) is 3. The van der Waals surface area contributed by atoms with Gasteiger partial charge in [0.2, 0.25) is 5.91 Å². The number of carbonyl (C=O) groups excluding carboxylic acids is 2. The summed E-state index contributed by atoms with van der Waals surface area (Å²) in [5.74, 6) is -0.482. The van der Waals surface area contributed by atoms with E-state index in [0.717, 1.165) is 18.4 Å². The third kappa shape index (κ3) is 6.56. The maximum absolute atomic E-state index is 12.8. The second-order valence-corrected chi connectivity index (χ2v) is 5.09. The van der Waals surface area contributed by atoms with E-state index in [1.54, 1.807) is 12.1 Å². The van der Waals surface area contributed by atoms with Crippen molar-refractivity contribution in [1.29, 1.82) is 0 Å². The summed E-state index contributed by atoms with van der Waals surface area (Å²) in [5.41, 5.74) is 0.791. The summed E-state index contributed by atoms with van der Waals surface area (Å²) in [6, 6.07) is 4.94. The molecule has 1 aromatic carbocycles. The minimum absolute atomic E-state index is 0.166. The van der Waals surface area contributed by atoms with E-state index in [4.69, 9.17) is 0 Å². The number of carbonyl (C=O) groups is 2. The van der Waals surface area contributed by atoms with Gasteiger partial charge in [0, 0.05) is 13.1 Å². The minimum Gasteiger partial charge on any atom is -0.354 e. The van der Waals surface area contributed by atoms with Gasteiger partial charge >= 0.3 is 6.03 Å². The van der Waals surface area contributed by atoms with Gasteiger partial charge in [-0.3, -0.25) is 4.79 Å². The summed E-state index contributed by atoms with van der Waals surface area (Å²) >= 11 is 0. The average Bonchev–Trinajstić information content (AvgIpc) is 2.51. The van der Waals surface area contributed by atoms with Crippen LogP contribution in [0.4, 0.5) is 9.18 Å². The first-order valence-corrected chi connectivity index (χ1v) is 7.63. The second kappa shape index (κ2) is 9.76. The highest BCUT2D eigenvalue weighted by molar-refractivity contribution is 5.86. The Bertz CT molecular complexity index is 477. The summed E-state index contributed by atoms with van der Waals surface area (Å²) in [6.45, 7) is 4.80. The maximum Gasteiger partial charge on any atom is 0.315 e. The molecule has 0 saturated heterocycles. The summed E-state index contributed by atoms with van der Waals surface area (Å²) in [5, 5.41) is 8.12. The monoisotopic (exact) mass is 309 g/mol. The Morgan fingerprint density at radius 2 is 1.77 bits per heavy atom. The molecule has 0 spiro atoms. The fraction of sp³-hybridized carbons (Fsp3) is 0.500. The Balaban J connectivity index is 2.45. The molecule has 6 heteroatoms. The first kappa shape index (κ1) is 17.9. The van der Waals surface area contributed by atoms with E-state index in [-0.39, 0.29) is 18.3 Å². The third-order valence-corrected chi connectivity index (χ3v) is 3.11. The van der Waals surface area contributed by atoms with Crippen LogP contribution in [-0.2, 0) is 11.3 Å². The van der Waals surface area contributed by atoms with Gasteiger partial charge in [0.1, 0.15) is 11.9 Å². The second-order valence-electron chi connectivity index (χ2n) is 5.09. The standard InChI is InChI=1S/C16H24FN3O2/c1-3-5-14(15(21)18-10-4-2)20-16(22)19-11-12-6-8-13(17)9-7-12/h6-9,14H,3-5,10-11H2,1-2H3,(H,18,21)(H2,19,20,22)/t14-/m0/s1. The predicted octanol–water partition coefficient (Wildman–Crippen LogP) is 2.32. The number of urea groups is 1. The van der Waals surface area contributed by atoms with Gasteiger partial charge in [0.15, 0.2) is 0 Å². The topological polar surface area (TPSA) is 70.2 Å². The lowest BCUT2D eigenvalue weighted by Gasteiger charge is -2.18. The van der Waals surface area contributed by atoms with Crippen molar-refractivity contribution < 1.29 is 14.0 Å². The lowest BCUT2D eigenvalue weighted by molar-refractivity contribution is -0.123. The Labute approximate surface area is 130 Å². The highest BCUT2D eigenvalue weighted by atomic mass is 19.1. The van der Waals surface area contributed by atoms with Crippen LogP contribution in [0.2, 0.25) is 0 Å². The highest BCUT2D eigenvalue weighted by Gasteiger charge is 2.19. The van der Waals surface area contributed by atoms with Gasteiger partial charge < -0.3 is 16.0 Å². The van der Waals surface area contributed by atoms with E-state index in [2.05, 4.69) is 16.0 Å². The first-order chi connectivity index (χ1) is 10.6. The fourth-order valence-electron chi connectivity index (χ4n) is 1.92. The van der Waals surface area contributed by atoms with Gasteiger partial charge in [0.05, 0.1) is 0 Å². The van der Waals surface area contributed by atoms with Gasteiger partial charge in [-0.1, -0.05) is 32.4 Å². The molecule has 0 aliphatic carbocycles. The molecule has 1 atom stereocenters. The van der Waals surface area contributed by atoms with Crippen LogP contribution in [-0.4, -0.2) is 24.5 Å². The molecule has 0 aliphatic heterocycles. The largest absolute Gasteiger partial charge is 0.354 e. The SMILES string of the molecule is CCCNC(=O)[C@H](CCC)NC(=O)NCc1ccc(F)cc1. The van der Waals surface area contributed by atoms with Crippen molar-refractivity contribution in [3.8, 4) is 0 Å². The first-order valence-electron chi connectivity index (χ1n) is 7.63. The molecule has 122 valence electrons. The molecule has 3 amide bonds. The van der Waals surface area contributed by atoms with Crippen molar-refractivity contribution in [2.75, 3.05) is 6.54 Å². The van der Waals surface area contributed by atoms with E-state index in [0.29, 0.717) is 13.0 Å². The molecule has 0 unspecified atom stereocenters. The molecule has 1 rings (SSSR count). The molecular weight excluding hydrogens is 285 g/mol. The predicted molar refractivity (Wildman–Crippen MR) is 83.8 cm³/mol. The number of halogens is 1. The quantitative estimate of drug-likeness (QED) is 0.690. The molecule has 3 N–H and O–H groups in total. The molecule has 0 radical (unpaired) electrons. The van der Waals surface area contributed by atoms with Crippen molar-refractivity contribution >= 4 is 11.9 Å². The molecular formula is C16H24FN3O2. The normalized spacial score (nSPS) is 11.6. The molecule has 0 aromatic heterocycles. The van der Waals surface area contributed by atoms with Crippen molar-refractivity contribution in [2.24, 2.45) is 0 Å². The number of hydrogen-bond acceptors (Lipinski definition) is 2. The van der Waals surface area contributed by atoms with Gasteiger partial charge in [-0.25, -0.2) is 9.18 Å². The minimum atomic E-state index is -0.537. The highest BCUT2D eigenvalue weighted by Crippen LogP contribution is 2.02. The van der Waals surface area contributed by atoms with Crippen LogP contribution in [0.15, 0.2) is 24.3 Å². The van der Waals surface area contributed by atoms with Crippen molar-refractivity contribution in [1.82, 2.24) is 16.0 Å². The maximum atomic E-state index is 12.8. The van der Waals surface area contributed by atoms with E-state index in [9.17, 15) is 14.0 Å². The summed E-state index contributed by atoms with van der Waals surface area (Å²) in [7, 11) is 0. The van der Waals surface area contributed by atoms with Crippen molar-refractivity contribution in [2.45, 2.75) is 45.7 Å². The van der Waals surface area contributed by atoms with Gasteiger partial charge in [-0.15, -0.1) is 0 Å². The Morgan fingerprint density at radius 1 is 1.09 bits per heavy atom. The molecule has 22 heavy (non-hydrogen) atoms. The van der Waals surface area contributed by atoms with E-state index in [1.807, 2.05) is 13.8 Å². The zero-order valence-electron chi connectivity index (χ0n) is 13.1. The zero-order chi connectivity index (χ0) is 16.4. The van der Waals surface area contributed by atoms with E-state index >= 15 is 0 Å². The number of rotatable bonds is 8. The van der Waals surface area contributed by atoms with Gasteiger partial charge in [-0.05, 0) is 30.5 Å². The molecule has 0 fully saturated rings. The van der Waals surface area contributed by atoms with Crippen LogP contribution in [0.5, 0.6) is 0 Å². The molecule has 0 bridgehead atoms. The van der Waals surface area contributed by atoms with Crippen LogP contribution < -0.4 is 16.0 Å². The van der Waals surface area contributed by atoms with Crippen LogP contribution in [0.1, 0.15) is 38.7 Å². The number of benzene rings is 1. The summed E-state index contributed by atoms with van der Waals surface area (Å²) < 4.78 is 12.8. The average molecular weight is 309 g/mol. The van der Waals surface area contributed by atoms with Crippen LogP contribution >= 0.6 is 0 Å². The number of nitrogens with one attached hydrogen (secondary N) is 3. The van der Waals surface area contributed by atoms with Crippen molar-refractivity contribution in [3.63, 3.8) is 0 Å². The van der Waals surface area contributed by atoms with E-state index < -0.39 is 12.1 Å². The Morgan fingerprint density at radius 3 is 2.36 bits per heavy atom. The van der Waals surface area contributed by atoms with Gasteiger partial charge in [-0.2, -0.15) is 0 Å². The molecule has 1 aromatic rings. The Kier molecular flexibility index (Phi) is 7.96. The molecule has 0 heterocycles. The molecule has 5 nitrogen and oxygen atoms in total. The smallest absolute Gasteiger partial charge is 0.315 e. The summed E-state index contributed by atoms with van der Waals surface area (Å²) in [4.78, 5) is 23.8. The Hall–Kier alpha value is -2.11. The molecule has 0 saturated carbocycles. The summed E-state index contributed by atoms with van der Waals surface area (Å²) in [6.07, 6.45) is 2.23. The van der Waals surface area contributed by atoms with Crippen LogP contribution in [0, 0.1) is 5.82 Å². The lowest BCUT2D eigenvalue weighted by atomic mass is 10.1. The molecule has 0 aliphatic rings. The van der Waals surface area contributed by atoms with Crippen LogP contribution in [0.3, 0.4) is 0 Å².